The third kappa shape index (κ3) is 3.04. The lowest BCUT2D eigenvalue weighted by molar-refractivity contribution is 0.101. The van der Waals surface area contributed by atoms with Crippen LogP contribution in [0.3, 0.4) is 0 Å². The Bertz CT molecular complexity index is 659. The molecule has 21 heavy (non-hydrogen) atoms. The molecule has 0 spiro atoms. The SMILES string of the molecule is COc1ncc(NC(=O)c2c(F)cccc2F)c(OC)n1. The van der Waals surface area contributed by atoms with E-state index >= 15 is 0 Å². The van der Waals surface area contributed by atoms with Gasteiger partial charge in [0.1, 0.15) is 22.9 Å². The molecule has 0 aliphatic carbocycles. The van der Waals surface area contributed by atoms with Gasteiger partial charge in [-0.2, -0.15) is 4.98 Å². The highest BCUT2D eigenvalue weighted by Gasteiger charge is 2.19. The van der Waals surface area contributed by atoms with Crippen molar-refractivity contribution in [1.82, 2.24) is 9.97 Å². The van der Waals surface area contributed by atoms with E-state index in [1.165, 1.54) is 26.5 Å². The fourth-order valence-electron chi connectivity index (χ4n) is 1.59. The minimum absolute atomic E-state index is 0.00643. The molecule has 0 bridgehead atoms. The largest absolute Gasteiger partial charge is 0.479 e. The van der Waals surface area contributed by atoms with Gasteiger partial charge < -0.3 is 14.8 Å². The first-order chi connectivity index (χ1) is 10.1. The zero-order valence-electron chi connectivity index (χ0n) is 11.2. The van der Waals surface area contributed by atoms with E-state index in [9.17, 15) is 13.6 Å². The molecule has 1 aromatic carbocycles. The van der Waals surface area contributed by atoms with E-state index < -0.39 is 23.1 Å². The van der Waals surface area contributed by atoms with Crippen LogP contribution in [-0.4, -0.2) is 30.1 Å². The summed E-state index contributed by atoms with van der Waals surface area (Å²) in [4.78, 5) is 19.6. The molecule has 0 saturated carbocycles. The zero-order valence-corrected chi connectivity index (χ0v) is 11.2. The number of benzene rings is 1. The Morgan fingerprint density at radius 1 is 1.19 bits per heavy atom. The maximum Gasteiger partial charge on any atom is 0.319 e. The van der Waals surface area contributed by atoms with E-state index in [0.29, 0.717) is 0 Å². The van der Waals surface area contributed by atoms with E-state index in [1.54, 1.807) is 0 Å². The number of nitrogens with one attached hydrogen (secondary N) is 1. The van der Waals surface area contributed by atoms with Gasteiger partial charge in [0.05, 0.1) is 20.4 Å². The van der Waals surface area contributed by atoms with Crippen molar-refractivity contribution < 1.29 is 23.0 Å². The highest BCUT2D eigenvalue weighted by atomic mass is 19.1. The quantitative estimate of drug-likeness (QED) is 0.934. The van der Waals surface area contributed by atoms with E-state index in [2.05, 4.69) is 15.3 Å². The number of nitrogens with zero attached hydrogens (tertiary/aromatic N) is 2. The summed E-state index contributed by atoms with van der Waals surface area (Å²) in [6, 6.07) is 3.17. The predicted molar refractivity (Wildman–Crippen MR) is 69.4 cm³/mol. The minimum atomic E-state index is -0.974. The fraction of sp³-hybridized carbons (Fsp3) is 0.154. The maximum absolute atomic E-state index is 13.5. The number of hydrogen-bond acceptors (Lipinski definition) is 5. The van der Waals surface area contributed by atoms with Gasteiger partial charge in [0.15, 0.2) is 0 Å². The third-order valence-corrected chi connectivity index (χ3v) is 2.55. The molecule has 1 aromatic heterocycles. The Morgan fingerprint density at radius 2 is 1.86 bits per heavy atom. The Morgan fingerprint density at radius 3 is 2.43 bits per heavy atom. The first kappa shape index (κ1) is 14.6. The predicted octanol–water partition coefficient (Wildman–Crippen LogP) is 2.02. The van der Waals surface area contributed by atoms with Gasteiger partial charge >= 0.3 is 6.01 Å². The summed E-state index contributed by atoms with van der Waals surface area (Å²) >= 11 is 0. The van der Waals surface area contributed by atoms with Gasteiger partial charge in [0.25, 0.3) is 5.91 Å². The van der Waals surface area contributed by atoms with Crippen molar-refractivity contribution in [2.75, 3.05) is 19.5 Å². The number of rotatable bonds is 4. The average Bonchev–Trinajstić information content (AvgIpc) is 2.47. The highest BCUT2D eigenvalue weighted by Crippen LogP contribution is 2.24. The second kappa shape index (κ2) is 6.12. The molecule has 1 amide bonds. The van der Waals surface area contributed by atoms with Crippen molar-refractivity contribution in [3.05, 3.63) is 41.6 Å². The number of amides is 1. The number of aromatic nitrogens is 2. The first-order valence-electron chi connectivity index (χ1n) is 5.77. The molecular formula is C13H11F2N3O3. The molecule has 1 N–H and O–H groups in total. The van der Waals surface area contributed by atoms with Gasteiger partial charge in [0.2, 0.25) is 5.88 Å². The van der Waals surface area contributed by atoms with Crippen LogP contribution >= 0.6 is 0 Å². The monoisotopic (exact) mass is 295 g/mol. The number of anilines is 1. The number of halogens is 2. The van der Waals surface area contributed by atoms with Crippen molar-refractivity contribution in [2.45, 2.75) is 0 Å². The summed E-state index contributed by atoms with van der Waals surface area (Å²) in [6.45, 7) is 0. The number of carbonyl (C=O) groups is 1. The van der Waals surface area contributed by atoms with Crippen molar-refractivity contribution in [2.24, 2.45) is 0 Å². The normalized spacial score (nSPS) is 10.1. The first-order valence-corrected chi connectivity index (χ1v) is 5.77. The Kier molecular flexibility index (Phi) is 4.27. The zero-order chi connectivity index (χ0) is 15.4. The molecule has 0 unspecified atom stereocenters. The van der Waals surface area contributed by atoms with Crippen molar-refractivity contribution in [3.63, 3.8) is 0 Å². The molecular weight excluding hydrogens is 284 g/mol. The second-order valence-electron chi connectivity index (χ2n) is 3.83. The van der Waals surface area contributed by atoms with E-state index in [4.69, 9.17) is 9.47 Å². The van der Waals surface area contributed by atoms with Crippen LogP contribution in [0.25, 0.3) is 0 Å². The van der Waals surface area contributed by atoms with Gasteiger partial charge in [-0.3, -0.25) is 4.79 Å². The number of carbonyl (C=O) groups excluding carboxylic acids is 1. The van der Waals surface area contributed by atoms with Crippen molar-refractivity contribution in [1.29, 1.82) is 0 Å². The van der Waals surface area contributed by atoms with E-state index in [-0.39, 0.29) is 17.6 Å². The summed E-state index contributed by atoms with van der Waals surface area (Å²) in [6.07, 6.45) is 1.21. The lowest BCUT2D eigenvalue weighted by atomic mass is 10.2. The fourth-order valence-corrected chi connectivity index (χ4v) is 1.59. The van der Waals surface area contributed by atoms with Crippen LogP contribution in [0.1, 0.15) is 10.4 Å². The molecule has 0 saturated heterocycles. The van der Waals surface area contributed by atoms with E-state index in [0.717, 1.165) is 12.1 Å². The van der Waals surface area contributed by atoms with Crippen LogP contribution in [0.5, 0.6) is 11.9 Å². The topological polar surface area (TPSA) is 73.3 Å². The van der Waals surface area contributed by atoms with Crippen LogP contribution in [0, 0.1) is 11.6 Å². The van der Waals surface area contributed by atoms with Gasteiger partial charge in [-0.15, -0.1) is 0 Å². The molecule has 6 nitrogen and oxygen atoms in total. The van der Waals surface area contributed by atoms with Crippen LogP contribution in [0.2, 0.25) is 0 Å². The maximum atomic E-state index is 13.5. The highest BCUT2D eigenvalue weighted by molar-refractivity contribution is 6.05. The third-order valence-electron chi connectivity index (χ3n) is 2.55. The number of ether oxygens (including phenoxy) is 2. The molecule has 0 atom stereocenters. The van der Waals surface area contributed by atoms with Crippen molar-refractivity contribution in [3.8, 4) is 11.9 Å². The standard InChI is InChI=1S/C13H11F2N3O3/c1-20-12-9(6-16-13(18-12)21-2)17-11(19)10-7(14)4-3-5-8(10)15/h3-6H,1-2H3,(H,17,19). The summed E-state index contributed by atoms with van der Waals surface area (Å²) in [5.41, 5.74) is -0.638. The molecule has 2 rings (SSSR count). The van der Waals surface area contributed by atoms with Crippen molar-refractivity contribution >= 4 is 11.6 Å². The lowest BCUT2D eigenvalue weighted by Gasteiger charge is -2.10. The summed E-state index contributed by atoms with van der Waals surface area (Å²) < 4.78 is 36.8. The van der Waals surface area contributed by atoms with Crippen LogP contribution < -0.4 is 14.8 Å². The number of methoxy groups -OCH3 is 2. The van der Waals surface area contributed by atoms with Crippen LogP contribution in [-0.2, 0) is 0 Å². The molecule has 2 aromatic rings. The average molecular weight is 295 g/mol. The Hall–Kier alpha value is -2.77. The molecule has 110 valence electrons. The minimum Gasteiger partial charge on any atom is -0.479 e. The molecule has 8 heteroatoms. The summed E-state index contributed by atoms with van der Waals surface area (Å²) in [5.74, 6) is -2.91. The smallest absolute Gasteiger partial charge is 0.319 e. The van der Waals surface area contributed by atoms with Gasteiger partial charge in [-0.1, -0.05) is 6.07 Å². The van der Waals surface area contributed by atoms with Gasteiger partial charge in [0, 0.05) is 0 Å². The summed E-state index contributed by atoms with van der Waals surface area (Å²) in [7, 11) is 2.68. The molecule has 1 heterocycles. The Balaban J connectivity index is 2.32. The number of hydrogen-bond donors (Lipinski definition) is 1. The Labute approximate surface area is 118 Å². The molecule has 0 aliphatic heterocycles. The van der Waals surface area contributed by atoms with E-state index in [1.807, 2.05) is 0 Å². The summed E-state index contributed by atoms with van der Waals surface area (Å²) in [5, 5.41) is 2.29. The lowest BCUT2D eigenvalue weighted by Crippen LogP contribution is -2.17. The van der Waals surface area contributed by atoms with Gasteiger partial charge in [-0.05, 0) is 12.1 Å². The van der Waals surface area contributed by atoms with Crippen LogP contribution in [0.4, 0.5) is 14.5 Å². The molecule has 0 aliphatic rings. The molecule has 0 radical (unpaired) electrons. The molecule has 0 fully saturated rings. The van der Waals surface area contributed by atoms with Gasteiger partial charge in [-0.25, -0.2) is 13.8 Å². The second-order valence-corrected chi connectivity index (χ2v) is 3.83. The van der Waals surface area contributed by atoms with Crippen LogP contribution in [0.15, 0.2) is 24.4 Å².